The summed E-state index contributed by atoms with van der Waals surface area (Å²) in [6.45, 7) is 0.454. The molecular weight excluding hydrogens is 513 g/mol. The van der Waals surface area contributed by atoms with Crippen molar-refractivity contribution < 1.29 is 19.3 Å². The Bertz CT molecular complexity index is 1530. The zero-order valence-corrected chi connectivity index (χ0v) is 21.4. The molecule has 0 radical (unpaired) electrons. The molecule has 4 aromatic rings. The number of benzene rings is 3. The van der Waals surface area contributed by atoms with Gasteiger partial charge in [0.15, 0.2) is 5.49 Å². The normalized spacial score (nSPS) is 15.8. The van der Waals surface area contributed by atoms with Gasteiger partial charge in [-0.15, -0.1) is 10.5 Å². The van der Waals surface area contributed by atoms with E-state index in [4.69, 9.17) is 21.3 Å². The molecule has 0 fully saturated rings. The highest BCUT2D eigenvalue weighted by molar-refractivity contribution is 8.15. The third-order valence-corrected chi connectivity index (χ3v) is 8.36. The van der Waals surface area contributed by atoms with Crippen LogP contribution in [0.3, 0.4) is 0 Å². The minimum absolute atomic E-state index is 0.189. The van der Waals surface area contributed by atoms with Gasteiger partial charge >= 0.3 is 0 Å². The molecule has 2 N–H and O–H groups in total. The van der Waals surface area contributed by atoms with Gasteiger partial charge < -0.3 is 19.5 Å². The van der Waals surface area contributed by atoms with Crippen molar-refractivity contribution in [3.63, 3.8) is 0 Å². The quantitative estimate of drug-likeness (QED) is 0.249. The van der Waals surface area contributed by atoms with Crippen molar-refractivity contribution in [1.29, 1.82) is 0 Å². The van der Waals surface area contributed by atoms with Crippen LogP contribution in [0.1, 0.15) is 16.7 Å². The summed E-state index contributed by atoms with van der Waals surface area (Å²) in [4.78, 5) is 9.36. The number of aliphatic hydroxyl groups excluding tert-OH is 2. The lowest BCUT2D eigenvalue weighted by Gasteiger charge is -2.19. The standard InChI is InChI=1S/C28H25ClFN3O3S/c29-24-14-22(9-10-25(24)36-17-20-7-4-8-21(30)13-20)32-27-23-11-12-37(26(35)16-34)28(23)33(18-31-27)15-19-5-2-1-3-6-19/h1-10,12-14,18,26,34-35H,11,15-17H2/t26-,37?/m0/s1. The maximum Gasteiger partial charge on any atom is 0.160 e. The fraction of sp³-hybridized carbons (Fsp3) is 0.179. The number of ether oxygens (including phenoxy) is 1. The van der Waals surface area contributed by atoms with Crippen molar-refractivity contribution in [3.05, 3.63) is 112 Å². The molecule has 3 aromatic carbocycles. The Balaban J connectivity index is 1.45. The van der Waals surface area contributed by atoms with Crippen LogP contribution in [-0.2, 0) is 19.6 Å². The van der Waals surface area contributed by atoms with Crippen LogP contribution in [-0.4, -0.2) is 37.2 Å². The SMILES string of the molecule is OC[C@@H](O)S1=CCc2c1n(Cc1ccccc1)cnc2=Nc1ccc(OCc2cccc(F)c2)c(Cl)c1. The summed E-state index contributed by atoms with van der Waals surface area (Å²) in [5.41, 5.74) is 2.98. The number of hydrogen-bond donors (Lipinski definition) is 2. The first kappa shape index (κ1) is 25.4. The molecule has 6 nitrogen and oxygen atoms in total. The number of aliphatic hydroxyl groups is 2. The number of aromatic nitrogens is 2. The van der Waals surface area contributed by atoms with Crippen LogP contribution in [0.4, 0.5) is 10.1 Å². The number of rotatable bonds is 8. The van der Waals surface area contributed by atoms with Crippen LogP contribution in [0.15, 0.2) is 89.1 Å². The molecule has 1 unspecified atom stereocenters. The third-order valence-electron chi connectivity index (χ3n) is 5.88. The highest BCUT2D eigenvalue weighted by atomic mass is 35.5. The third kappa shape index (κ3) is 5.83. The summed E-state index contributed by atoms with van der Waals surface area (Å²) in [7, 11) is -0.660. The molecule has 1 aliphatic heterocycles. The predicted octanol–water partition coefficient (Wildman–Crippen LogP) is 4.83. The van der Waals surface area contributed by atoms with Gasteiger partial charge in [-0.1, -0.05) is 54.1 Å². The van der Waals surface area contributed by atoms with Crippen LogP contribution < -0.4 is 10.2 Å². The molecule has 1 aromatic heterocycles. The number of nitrogens with zero attached hydrogens (tertiary/aromatic N) is 3. The second kappa shape index (κ2) is 11.4. The molecular formula is C28H25ClFN3O3S. The lowest BCUT2D eigenvalue weighted by Crippen LogP contribution is -2.21. The number of halogens is 2. The van der Waals surface area contributed by atoms with Gasteiger partial charge in [0.2, 0.25) is 0 Å². The fourth-order valence-electron chi connectivity index (χ4n) is 4.13. The fourth-order valence-corrected chi connectivity index (χ4v) is 6.34. The Hall–Kier alpha value is -3.30. The zero-order valence-electron chi connectivity index (χ0n) is 19.8. The van der Waals surface area contributed by atoms with Gasteiger partial charge in [-0.25, -0.2) is 14.4 Å². The topological polar surface area (TPSA) is 79.9 Å². The smallest absolute Gasteiger partial charge is 0.160 e. The first-order valence-corrected chi connectivity index (χ1v) is 13.4. The maximum absolute atomic E-state index is 13.4. The summed E-state index contributed by atoms with van der Waals surface area (Å²) in [6, 6.07) is 21.4. The van der Waals surface area contributed by atoms with Crippen LogP contribution in [0, 0.1) is 5.82 Å². The van der Waals surface area contributed by atoms with Gasteiger partial charge in [-0.05, 0) is 46.8 Å². The van der Waals surface area contributed by atoms with Crippen molar-refractivity contribution >= 4 is 33.1 Å². The van der Waals surface area contributed by atoms with E-state index >= 15 is 0 Å². The minimum atomic E-state index is -0.887. The average Bonchev–Trinajstić information content (AvgIpc) is 3.36. The van der Waals surface area contributed by atoms with E-state index in [-0.39, 0.29) is 19.0 Å². The first-order chi connectivity index (χ1) is 18.0. The van der Waals surface area contributed by atoms with E-state index in [1.165, 1.54) is 12.1 Å². The van der Waals surface area contributed by atoms with Crippen molar-refractivity contribution in [2.24, 2.45) is 4.99 Å². The summed E-state index contributed by atoms with van der Waals surface area (Å²) in [5.74, 6) is 0.152. The van der Waals surface area contributed by atoms with Crippen molar-refractivity contribution in [3.8, 4) is 5.75 Å². The first-order valence-electron chi connectivity index (χ1n) is 11.7. The van der Waals surface area contributed by atoms with Crippen LogP contribution in [0.2, 0.25) is 5.02 Å². The molecule has 0 saturated heterocycles. The van der Waals surface area contributed by atoms with Crippen LogP contribution in [0.5, 0.6) is 5.75 Å². The monoisotopic (exact) mass is 537 g/mol. The Morgan fingerprint density at radius 1 is 1.08 bits per heavy atom. The second-order valence-electron chi connectivity index (χ2n) is 8.49. The van der Waals surface area contributed by atoms with Gasteiger partial charge in [-0.3, -0.25) is 0 Å². The molecule has 5 rings (SSSR count). The van der Waals surface area contributed by atoms with E-state index in [0.717, 1.165) is 16.2 Å². The van der Waals surface area contributed by atoms with Crippen molar-refractivity contribution in [2.45, 2.75) is 30.0 Å². The molecule has 0 spiro atoms. The van der Waals surface area contributed by atoms with Crippen LogP contribution in [0.25, 0.3) is 0 Å². The molecule has 2 atom stereocenters. The molecule has 190 valence electrons. The van der Waals surface area contributed by atoms with E-state index in [9.17, 15) is 14.6 Å². The van der Waals surface area contributed by atoms with E-state index in [0.29, 0.717) is 40.5 Å². The van der Waals surface area contributed by atoms with Crippen LogP contribution >= 0.6 is 22.1 Å². The molecule has 0 amide bonds. The Labute approximate surface area is 221 Å². The largest absolute Gasteiger partial charge is 0.487 e. The predicted molar refractivity (Wildman–Crippen MR) is 144 cm³/mol. The number of hydrogen-bond acceptors (Lipinski definition) is 5. The summed E-state index contributed by atoms with van der Waals surface area (Å²) < 4.78 is 21.2. The van der Waals surface area contributed by atoms with E-state index < -0.39 is 15.9 Å². The zero-order chi connectivity index (χ0) is 25.8. The van der Waals surface area contributed by atoms with Gasteiger partial charge in [0.1, 0.15) is 23.6 Å². The average molecular weight is 538 g/mol. The van der Waals surface area contributed by atoms with Crippen molar-refractivity contribution in [1.82, 2.24) is 9.55 Å². The highest BCUT2D eigenvalue weighted by Gasteiger charge is 2.24. The van der Waals surface area contributed by atoms with E-state index in [2.05, 4.69) is 4.98 Å². The summed E-state index contributed by atoms with van der Waals surface area (Å²) in [5, 5.41) is 23.5. The molecule has 37 heavy (non-hydrogen) atoms. The lowest BCUT2D eigenvalue weighted by atomic mass is 10.2. The minimum Gasteiger partial charge on any atom is -0.487 e. The Morgan fingerprint density at radius 2 is 1.89 bits per heavy atom. The van der Waals surface area contributed by atoms with E-state index in [1.54, 1.807) is 36.7 Å². The highest BCUT2D eigenvalue weighted by Crippen LogP contribution is 2.37. The molecule has 2 heterocycles. The van der Waals surface area contributed by atoms with E-state index in [1.807, 2.05) is 40.3 Å². The lowest BCUT2D eigenvalue weighted by molar-refractivity contribution is 0.160. The molecule has 0 aliphatic carbocycles. The molecule has 0 bridgehead atoms. The second-order valence-corrected chi connectivity index (χ2v) is 10.9. The van der Waals surface area contributed by atoms with Gasteiger partial charge in [0.25, 0.3) is 0 Å². The molecule has 9 heteroatoms. The Morgan fingerprint density at radius 3 is 2.65 bits per heavy atom. The van der Waals surface area contributed by atoms with Gasteiger partial charge in [0, 0.05) is 18.5 Å². The van der Waals surface area contributed by atoms with Gasteiger partial charge in [-0.2, -0.15) is 0 Å². The van der Waals surface area contributed by atoms with Gasteiger partial charge in [0.05, 0.1) is 28.7 Å². The maximum atomic E-state index is 13.4. The van der Waals surface area contributed by atoms with Crippen molar-refractivity contribution in [2.75, 3.05) is 6.61 Å². The Kier molecular flexibility index (Phi) is 7.81. The molecule has 0 saturated carbocycles. The molecule has 1 aliphatic rings. The summed E-state index contributed by atoms with van der Waals surface area (Å²) >= 11 is 6.46. The number of fused-ring (bicyclic) bond motifs is 1. The summed E-state index contributed by atoms with van der Waals surface area (Å²) in [6.07, 6.45) is 2.31.